The molecule has 3 aliphatic heterocycles. The van der Waals surface area contributed by atoms with Gasteiger partial charge in [0.25, 0.3) is 0 Å². The van der Waals surface area contributed by atoms with Crippen molar-refractivity contribution in [2.45, 2.75) is 69.4 Å². The van der Waals surface area contributed by atoms with Gasteiger partial charge in [-0.1, -0.05) is 37.3 Å². The lowest BCUT2D eigenvalue weighted by atomic mass is 9.65. The fourth-order valence-corrected chi connectivity index (χ4v) is 6.24. The maximum atomic E-state index is 14.0. The molecule has 32 heavy (non-hydrogen) atoms. The first-order valence-corrected chi connectivity index (χ1v) is 11.5. The highest BCUT2D eigenvalue weighted by Gasteiger charge is 2.79. The molecular formula is C24H33N3O5. The van der Waals surface area contributed by atoms with Crippen molar-refractivity contribution in [1.82, 2.24) is 15.5 Å². The van der Waals surface area contributed by atoms with E-state index in [4.69, 9.17) is 4.74 Å². The Morgan fingerprint density at radius 3 is 2.47 bits per heavy atom. The zero-order chi connectivity index (χ0) is 23.3. The lowest BCUT2D eigenvalue weighted by Crippen LogP contribution is -2.57. The Bertz CT molecular complexity index is 906. The molecule has 8 nitrogen and oxygen atoms in total. The van der Waals surface area contributed by atoms with Crippen LogP contribution in [0.5, 0.6) is 0 Å². The van der Waals surface area contributed by atoms with Gasteiger partial charge < -0.3 is 25.4 Å². The molecule has 1 spiro atoms. The van der Waals surface area contributed by atoms with Crippen LogP contribution in [0, 0.1) is 11.8 Å². The first-order valence-electron chi connectivity index (χ1n) is 11.5. The molecule has 3 N–H and O–H groups in total. The number of benzene rings is 1. The average molecular weight is 444 g/mol. The van der Waals surface area contributed by atoms with Crippen molar-refractivity contribution < 1.29 is 24.2 Å². The largest absolute Gasteiger partial charge is 0.394 e. The second kappa shape index (κ2) is 8.15. The number of carbonyl (C=O) groups excluding carboxylic acids is 3. The van der Waals surface area contributed by atoms with Gasteiger partial charge in [0.1, 0.15) is 11.6 Å². The molecule has 8 heteroatoms. The van der Waals surface area contributed by atoms with Crippen molar-refractivity contribution in [3.05, 3.63) is 35.9 Å². The number of hydrogen-bond acceptors (Lipinski definition) is 5. The van der Waals surface area contributed by atoms with Gasteiger partial charge in [-0.25, -0.2) is 0 Å². The smallest absolute Gasteiger partial charge is 0.246 e. The summed E-state index contributed by atoms with van der Waals surface area (Å²) in [4.78, 5) is 42.1. The number of amides is 3. The Balaban J connectivity index is 1.86. The van der Waals surface area contributed by atoms with Gasteiger partial charge in [-0.15, -0.1) is 0 Å². The Kier molecular flexibility index (Phi) is 5.79. The average Bonchev–Trinajstić information content (AvgIpc) is 3.38. The predicted molar refractivity (Wildman–Crippen MR) is 117 cm³/mol. The van der Waals surface area contributed by atoms with Crippen LogP contribution in [0.2, 0.25) is 0 Å². The molecule has 6 atom stereocenters. The lowest BCUT2D eigenvalue weighted by Gasteiger charge is -2.37. The van der Waals surface area contributed by atoms with Crippen LogP contribution in [0.1, 0.15) is 51.6 Å². The fourth-order valence-electron chi connectivity index (χ4n) is 6.24. The minimum atomic E-state index is -1.09. The summed E-state index contributed by atoms with van der Waals surface area (Å²) in [5, 5.41) is 16.0. The quantitative estimate of drug-likeness (QED) is 0.586. The molecule has 174 valence electrons. The SMILES string of the molecule is CC[C@@]12CCC3(O1)C(C(=O)NC(C)C)N([C@H](CO)c1ccccc1)C(=O)[C@@H]3[C@@H]2C(=O)NC. The van der Waals surface area contributed by atoms with Crippen LogP contribution in [0.25, 0.3) is 0 Å². The Morgan fingerprint density at radius 2 is 1.91 bits per heavy atom. The molecule has 3 fully saturated rings. The number of hydrogen-bond donors (Lipinski definition) is 3. The van der Waals surface area contributed by atoms with Crippen molar-refractivity contribution in [3.63, 3.8) is 0 Å². The number of nitrogens with zero attached hydrogens (tertiary/aromatic N) is 1. The maximum absolute atomic E-state index is 14.0. The van der Waals surface area contributed by atoms with E-state index in [1.807, 2.05) is 51.1 Å². The Morgan fingerprint density at radius 1 is 1.22 bits per heavy atom. The molecule has 0 aromatic heterocycles. The van der Waals surface area contributed by atoms with Crippen LogP contribution in [0.4, 0.5) is 0 Å². The number of fused-ring (bicyclic) bond motifs is 1. The monoisotopic (exact) mass is 443 g/mol. The van der Waals surface area contributed by atoms with E-state index in [1.165, 1.54) is 4.90 Å². The molecule has 0 radical (unpaired) electrons. The highest BCUT2D eigenvalue weighted by molar-refractivity contribution is 5.99. The summed E-state index contributed by atoms with van der Waals surface area (Å²) in [5.41, 5.74) is -1.12. The van der Waals surface area contributed by atoms with E-state index in [9.17, 15) is 19.5 Å². The minimum absolute atomic E-state index is 0.132. The third-order valence-electron chi connectivity index (χ3n) is 7.52. The first-order chi connectivity index (χ1) is 15.3. The molecule has 2 unspecified atom stereocenters. The van der Waals surface area contributed by atoms with E-state index in [2.05, 4.69) is 10.6 Å². The van der Waals surface area contributed by atoms with Gasteiger partial charge in [0, 0.05) is 13.1 Å². The highest BCUT2D eigenvalue weighted by atomic mass is 16.5. The van der Waals surface area contributed by atoms with Crippen molar-refractivity contribution >= 4 is 17.7 Å². The van der Waals surface area contributed by atoms with Gasteiger partial charge >= 0.3 is 0 Å². The van der Waals surface area contributed by atoms with Crippen molar-refractivity contribution in [3.8, 4) is 0 Å². The normalized spacial score (nSPS) is 34.0. The zero-order valence-corrected chi connectivity index (χ0v) is 19.1. The second-order valence-electron chi connectivity index (χ2n) is 9.47. The minimum Gasteiger partial charge on any atom is -0.394 e. The molecule has 0 saturated carbocycles. The molecule has 1 aromatic carbocycles. The molecule has 0 aliphatic carbocycles. The topological polar surface area (TPSA) is 108 Å². The number of rotatable bonds is 7. The summed E-state index contributed by atoms with van der Waals surface area (Å²) in [7, 11) is 1.56. The van der Waals surface area contributed by atoms with Crippen LogP contribution < -0.4 is 10.6 Å². The number of nitrogens with one attached hydrogen (secondary N) is 2. The standard InChI is InChI=1S/C24H33N3O5/c1-5-23-11-12-24(32-23)18(17(23)20(29)25-4)22(31)27(19(24)21(30)26-14(2)3)16(13-28)15-9-7-6-8-10-15/h6-10,14,16-19,28H,5,11-13H2,1-4H3,(H,25,29)(H,26,30)/t16-,17-,18+,19?,23+,24?/m1/s1. The summed E-state index contributed by atoms with van der Waals surface area (Å²) in [6.07, 6.45) is 1.71. The third kappa shape index (κ3) is 3.07. The van der Waals surface area contributed by atoms with Crippen molar-refractivity contribution in [2.75, 3.05) is 13.7 Å². The molecule has 1 aromatic rings. The highest BCUT2D eigenvalue weighted by Crippen LogP contribution is 2.65. The van der Waals surface area contributed by atoms with Crippen molar-refractivity contribution in [1.29, 1.82) is 0 Å². The van der Waals surface area contributed by atoms with E-state index in [1.54, 1.807) is 7.05 Å². The van der Waals surface area contributed by atoms with Gasteiger partial charge in [0.2, 0.25) is 17.7 Å². The maximum Gasteiger partial charge on any atom is 0.246 e. The fraction of sp³-hybridized carbons (Fsp3) is 0.625. The number of carbonyl (C=O) groups is 3. The van der Waals surface area contributed by atoms with E-state index < -0.39 is 35.1 Å². The van der Waals surface area contributed by atoms with E-state index in [0.29, 0.717) is 19.3 Å². The number of likely N-dealkylation sites (tertiary alicyclic amines) is 1. The lowest BCUT2D eigenvalue weighted by molar-refractivity contribution is -0.151. The van der Waals surface area contributed by atoms with E-state index in [-0.39, 0.29) is 30.4 Å². The summed E-state index contributed by atoms with van der Waals surface area (Å²) in [6.45, 7) is 5.35. The van der Waals surface area contributed by atoms with Gasteiger partial charge in [0.15, 0.2) is 0 Å². The van der Waals surface area contributed by atoms with Gasteiger partial charge in [0.05, 0.1) is 30.1 Å². The summed E-state index contributed by atoms with van der Waals surface area (Å²) in [6, 6.07) is 7.42. The van der Waals surface area contributed by atoms with Crippen molar-refractivity contribution in [2.24, 2.45) is 11.8 Å². The summed E-state index contributed by atoms with van der Waals surface area (Å²) in [5.74, 6) is -2.29. The molecule has 3 heterocycles. The van der Waals surface area contributed by atoms with Gasteiger partial charge in [-0.3, -0.25) is 14.4 Å². The second-order valence-corrected chi connectivity index (χ2v) is 9.47. The van der Waals surface area contributed by atoms with Crippen LogP contribution in [-0.2, 0) is 19.1 Å². The molecular weight excluding hydrogens is 410 g/mol. The summed E-state index contributed by atoms with van der Waals surface area (Å²) < 4.78 is 6.64. The van der Waals surface area contributed by atoms with Crippen LogP contribution in [-0.4, -0.2) is 64.7 Å². The van der Waals surface area contributed by atoms with Crippen LogP contribution in [0.15, 0.2) is 30.3 Å². The van der Waals surface area contributed by atoms with Crippen LogP contribution >= 0.6 is 0 Å². The summed E-state index contributed by atoms with van der Waals surface area (Å²) >= 11 is 0. The molecule has 3 saturated heterocycles. The molecule has 3 amide bonds. The first kappa shape index (κ1) is 22.7. The molecule has 4 rings (SSSR count). The third-order valence-corrected chi connectivity index (χ3v) is 7.52. The number of ether oxygens (including phenoxy) is 1. The Hall–Kier alpha value is -2.45. The van der Waals surface area contributed by atoms with Crippen LogP contribution in [0.3, 0.4) is 0 Å². The van der Waals surface area contributed by atoms with Gasteiger partial charge in [-0.2, -0.15) is 0 Å². The van der Waals surface area contributed by atoms with Gasteiger partial charge in [-0.05, 0) is 38.7 Å². The molecule has 3 aliphatic rings. The van der Waals surface area contributed by atoms with E-state index in [0.717, 1.165) is 5.56 Å². The van der Waals surface area contributed by atoms with E-state index >= 15 is 0 Å². The molecule has 2 bridgehead atoms. The zero-order valence-electron chi connectivity index (χ0n) is 19.1. The Labute approximate surface area is 188 Å². The number of aliphatic hydroxyl groups is 1. The number of aliphatic hydroxyl groups excluding tert-OH is 1. The predicted octanol–water partition coefficient (Wildman–Crippen LogP) is 1.15.